The molecule has 0 unspecified atom stereocenters. The first-order chi connectivity index (χ1) is 5.12. The van der Waals surface area contributed by atoms with Crippen LogP contribution in [0.4, 0.5) is 0 Å². The van der Waals surface area contributed by atoms with Crippen molar-refractivity contribution in [3.05, 3.63) is 24.6 Å². The van der Waals surface area contributed by atoms with Gasteiger partial charge in [-0.2, -0.15) is 0 Å². The molecule has 11 heavy (non-hydrogen) atoms. The third kappa shape index (κ3) is 5.86. The number of quaternary nitrogens is 1. The fraction of sp³-hybridized carbons (Fsp3) is 0.600. The lowest BCUT2D eigenvalue weighted by atomic mass is 10.4. The first-order valence-corrected chi connectivity index (χ1v) is 4.31. The van der Waals surface area contributed by atoms with Gasteiger partial charge in [-0.05, 0) is 25.0 Å². The molecule has 0 fully saturated rings. The molecule has 64 valence electrons. The predicted molar refractivity (Wildman–Crippen MR) is 51.0 cm³/mol. The highest BCUT2D eigenvalue weighted by atomic mass is 15.3. The average molecular weight is 154 g/mol. The minimum atomic E-state index is 0.849. The van der Waals surface area contributed by atoms with E-state index in [1.54, 1.807) is 0 Å². The van der Waals surface area contributed by atoms with Gasteiger partial charge in [-0.1, -0.05) is 13.8 Å². The maximum atomic E-state index is 2.20. The molecule has 0 saturated carbocycles. The van der Waals surface area contributed by atoms with Crippen LogP contribution in [-0.4, -0.2) is 18.6 Å². The maximum Gasteiger partial charge on any atom is 0.0959 e. The van der Waals surface area contributed by atoms with Gasteiger partial charge in [-0.3, -0.25) is 4.48 Å². The van der Waals surface area contributed by atoms with Gasteiger partial charge in [-0.15, -0.1) is 0 Å². The molecule has 0 heterocycles. The van der Waals surface area contributed by atoms with E-state index in [4.69, 9.17) is 0 Å². The van der Waals surface area contributed by atoms with Crippen molar-refractivity contribution in [3.63, 3.8) is 0 Å². The molecule has 1 nitrogen and oxygen atoms in total. The summed E-state index contributed by atoms with van der Waals surface area (Å²) in [7, 11) is 4.33. The zero-order chi connectivity index (χ0) is 8.74. The lowest BCUT2D eigenvalue weighted by Gasteiger charge is -2.18. The average Bonchev–Trinajstić information content (AvgIpc) is 1.97. The zero-order valence-electron chi connectivity index (χ0n) is 8.17. The Bertz CT molecular complexity index is 127. The Hall–Kier alpha value is -0.560. The molecule has 0 N–H and O–H groups in total. The Balaban J connectivity index is 3.99. The molecule has 0 bridgehead atoms. The molecule has 0 radical (unpaired) electrons. The van der Waals surface area contributed by atoms with Gasteiger partial charge in [0.2, 0.25) is 0 Å². The maximum absolute atomic E-state index is 2.20. The van der Waals surface area contributed by atoms with E-state index >= 15 is 0 Å². The molecule has 0 rings (SSSR count). The van der Waals surface area contributed by atoms with Gasteiger partial charge >= 0.3 is 0 Å². The van der Waals surface area contributed by atoms with Crippen LogP contribution in [0.3, 0.4) is 0 Å². The molecule has 0 aliphatic heterocycles. The highest BCUT2D eigenvalue weighted by molar-refractivity contribution is 4.78. The standard InChI is InChI=1S/C10H20N/c1-5-7-9-11(3,4)10-8-6-2/h7-10H,5-6H2,1-4H3/q+1/b9-7+,10-8+. The molecule has 0 aliphatic carbocycles. The second-order valence-electron chi connectivity index (χ2n) is 3.22. The summed E-state index contributed by atoms with van der Waals surface area (Å²) in [5, 5.41) is 0. The number of hydrogen-bond acceptors (Lipinski definition) is 0. The number of hydrogen-bond donors (Lipinski definition) is 0. The molecule has 0 aliphatic rings. The van der Waals surface area contributed by atoms with E-state index in [0.717, 1.165) is 17.3 Å². The van der Waals surface area contributed by atoms with Crippen molar-refractivity contribution in [2.45, 2.75) is 26.7 Å². The van der Waals surface area contributed by atoms with E-state index < -0.39 is 0 Å². The largest absolute Gasteiger partial charge is 0.276 e. The van der Waals surface area contributed by atoms with E-state index in [0.29, 0.717) is 0 Å². The minimum absolute atomic E-state index is 0.849. The normalized spacial score (nSPS) is 13.5. The summed E-state index contributed by atoms with van der Waals surface area (Å²) >= 11 is 0. The van der Waals surface area contributed by atoms with Crippen molar-refractivity contribution in [3.8, 4) is 0 Å². The minimum Gasteiger partial charge on any atom is -0.276 e. The second-order valence-corrected chi connectivity index (χ2v) is 3.22. The molecule has 0 aromatic rings. The molecule has 0 amide bonds. The van der Waals surface area contributed by atoms with Gasteiger partial charge in [0, 0.05) is 0 Å². The van der Waals surface area contributed by atoms with Gasteiger partial charge in [0.25, 0.3) is 0 Å². The molecular weight excluding hydrogens is 134 g/mol. The number of rotatable bonds is 4. The summed E-state index contributed by atoms with van der Waals surface area (Å²) in [4.78, 5) is 0. The lowest BCUT2D eigenvalue weighted by molar-refractivity contribution is -0.784. The molecular formula is C10H20N+. The Labute approximate surface area is 70.6 Å². The number of allylic oxidation sites excluding steroid dienone is 2. The van der Waals surface area contributed by atoms with Crippen LogP contribution in [0.5, 0.6) is 0 Å². The van der Waals surface area contributed by atoms with E-state index in [1.807, 2.05) is 0 Å². The van der Waals surface area contributed by atoms with Crippen LogP contribution in [0.1, 0.15) is 26.7 Å². The summed E-state index contributed by atoms with van der Waals surface area (Å²) in [6.07, 6.45) is 11.0. The van der Waals surface area contributed by atoms with Crippen molar-refractivity contribution >= 4 is 0 Å². The lowest BCUT2D eigenvalue weighted by Crippen LogP contribution is -2.25. The first kappa shape index (κ1) is 10.4. The fourth-order valence-electron chi connectivity index (χ4n) is 0.804. The smallest absolute Gasteiger partial charge is 0.0959 e. The SMILES string of the molecule is CC/C=C/[N+](C)(C)/C=C/CC. The van der Waals surface area contributed by atoms with Crippen molar-refractivity contribution in [1.82, 2.24) is 0 Å². The summed E-state index contributed by atoms with van der Waals surface area (Å²) in [5.41, 5.74) is 0. The quantitative estimate of drug-likeness (QED) is 0.546. The highest BCUT2D eigenvalue weighted by Gasteiger charge is 2.03. The monoisotopic (exact) mass is 154 g/mol. The molecule has 0 aromatic heterocycles. The Morgan fingerprint density at radius 3 is 1.55 bits per heavy atom. The van der Waals surface area contributed by atoms with Crippen LogP contribution in [-0.2, 0) is 0 Å². The van der Waals surface area contributed by atoms with Crippen molar-refractivity contribution < 1.29 is 4.48 Å². The Morgan fingerprint density at radius 2 is 1.27 bits per heavy atom. The number of nitrogens with zero attached hydrogens (tertiary/aromatic N) is 1. The van der Waals surface area contributed by atoms with Gasteiger partial charge in [0.05, 0.1) is 26.5 Å². The van der Waals surface area contributed by atoms with Crippen LogP contribution >= 0.6 is 0 Å². The Morgan fingerprint density at radius 1 is 0.909 bits per heavy atom. The summed E-state index contributed by atoms with van der Waals surface area (Å²) in [5.74, 6) is 0. The van der Waals surface area contributed by atoms with Crippen LogP contribution in [0, 0.1) is 0 Å². The van der Waals surface area contributed by atoms with Crippen molar-refractivity contribution in [2.75, 3.05) is 14.1 Å². The third-order valence-electron chi connectivity index (χ3n) is 1.45. The predicted octanol–water partition coefficient (Wildman–Crippen LogP) is 2.91. The van der Waals surface area contributed by atoms with Gasteiger partial charge in [0.15, 0.2) is 0 Å². The van der Waals surface area contributed by atoms with E-state index in [9.17, 15) is 0 Å². The van der Waals surface area contributed by atoms with Crippen LogP contribution in [0.2, 0.25) is 0 Å². The summed E-state index contributed by atoms with van der Waals surface area (Å²) < 4.78 is 0.849. The van der Waals surface area contributed by atoms with E-state index in [2.05, 4.69) is 52.5 Å². The first-order valence-electron chi connectivity index (χ1n) is 4.31. The fourth-order valence-corrected chi connectivity index (χ4v) is 0.804. The molecule has 0 atom stereocenters. The molecule has 0 aromatic carbocycles. The van der Waals surface area contributed by atoms with Gasteiger partial charge in [0.1, 0.15) is 0 Å². The Kier molecular flexibility index (Phi) is 4.88. The van der Waals surface area contributed by atoms with Crippen molar-refractivity contribution in [2.24, 2.45) is 0 Å². The van der Waals surface area contributed by atoms with Crippen LogP contribution in [0.25, 0.3) is 0 Å². The van der Waals surface area contributed by atoms with Gasteiger partial charge < -0.3 is 0 Å². The van der Waals surface area contributed by atoms with Crippen LogP contribution in [0.15, 0.2) is 24.6 Å². The molecule has 0 spiro atoms. The van der Waals surface area contributed by atoms with Crippen LogP contribution < -0.4 is 0 Å². The molecule has 0 saturated heterocycles. The zero-order valence-corrected chi connectivity index (χ0v) is 8.17. The highest BCUT2D eigenvalue weighted by Crippen LogP contribution is 2.01. The topological polar surface area (TPSA) is 0 Å². The second kappa shape index (κ2) is 5.14. The van der Waals surface area contributed by atoms with E-state index in [-0.39, 0.29) is 0 Å². The van der Waals surface area contributed by atoms with Crippen molar-refractivity contribution in [1.29, 1.82) is 0 Å². The van der Waals surface area contributed by atoms with Gasteiger partial charge in [-0.25, -0.2) is 0 Å². The third-order valence-corrected chi connectivity index (χ3v) is 1.45. The molecule has 1 heteroatoms. The summed E-state index contributed by atoms with van der Waals surface area (Å²) in [6.45, 7) is 4.31. The van der Waals surface area contributed by atoms with E-state index in [1.165, 1.54) is 0 Å². The summed E-state index contributed by atoms with van der Waals surface area (Å²) in [6, 6.07) is 0.